The van der Waals surface area contributed by atoms with Crippen molar-refractivity contribution >= 4 is 44.7 Å². The van der Waals surface area contributed by atoms with Gasteiger partial charge in [-0.25, -0.2) is 4.79 Å². The van der Waals surface area contributed by atoms with E-state index in [1.54, 1.807) is 0 Å². The first-order valence-corrected chi connectivity index (χ1v) is 8.45. The molecule has 1 aliphatic carbocycles. The molecule has 0 N–H and O–H groups in total. The number of allylic oxidation sites excluding steroid dienone is 2. The Morgan fingerprint density at radius 1 is 1.55 bits per heavy atom. The van der Waals surface area contributed by atoms with Gasteiger partial charge in [-0.15, -0.1) is 0 Å². The van der Waals surface area contributed by atoms with E-state index in [1.807, 2.05) is 33.8 Å². The summed E-state index contributed by atoms with van der Waals surface area (Å²) in [5, 5.41) is 0. The van der Waals surface area contributed by atoms with E-state index in [0.29, 0.717) is 6.42 Å². The summed E-state index contributed by atoms with van der Waals surface area (Å²) >= 11 is 6.02. The third-order valence-corrected chi connectivity index (χ3v) is 5.73. The highest BCUT2D eigenvalue weighted by Crippen LogP contribution is 2.47. The van der Waals surface area contributed by atoms with Gasteiger partial charge >= 0.3 is 6.16 Å². The maximum absolute atomic E-state index is 11.9. The van der Waals surface area contributed by atoms with Crippen LogP contribution in [0.25, 0.3) is 0 Å². The van der Waals surface area contributed by atoms with E-state index in [-0.39, 0.29) is 16.3 Å². The van der Waals surface area contributed by atoms with E-state index in [2.05, 4.69) is 52.0 Å². The number of rotatable bonds is 2. The molecule has 20 heavy (non-hydrogen) atoms. The van der Waals surface area contributed by atoms with Crippen molar-refractivity contribution in [1.82, 2.24) is 0 Å². The Balaban J connectivity index is 2.89. The molecule has 0 aromatic carbocycles. The normalized spacial score (nSPS) is 30.9. The number of halogens is 2. The molecule has 0 aromatic heterocycles. The van der Waals surface area contributed by atoms with Crippen molar-refractivity contribution in [2.45, 2.75) is 57.1 Å². The maximum Gasteiger partial charge on any atom is 0.509 e. The van der Waals surface area contributed by atoms with Gasteiger partial charge in [0.15, 0.2) is 0 Å². The average Bonchev–Trinajstić information content (AvgIpc) is 2.24. The molecule has 3 atom stereocenters. The molecule has 3 nitrogen and oxygen atoms in total. The predicted octanol–water partition coefficient (Wildman–Crippen LogP) is 5.38. The second-order valence-corrected chi connectivity index (χ2v) is 9.22. The van der Waals surface area contributed by atoms with Crippen molar-refractivity contribution in [1.29, 1.82) is 0 Å². The molecule has 0 aliphatic heterocycles. The number of carbonyl (C=O) groups excluding carboxylic acids is 1. The SMILES string of the molecule is C=CC1=C(I)C[C@@H](OC(=O)OC(C)(C)C)[C@@](C)(Br)[C@@H]1C. The van der Waals surface area contributed by atoms with Crippen molar-refractivity contribution in [2.24, 2.45) is 5.92 Å². The summed E-state index contributed by atoms with van der Waals surface area (Å²) in [6.45, 7) is 13.5. The molecule has 0 spiro atoms. The summed E-state index contributed by atoms with van der Waals surface area (Å²) in [6, 6.07) is 0. The van der Waals surface area contributed by atoms with E-state index >= 15 is 0 Å². The van der Waals surface area contributed by atoms with Gasteiger partial charge in [-0.1, -0.05) is 35.5 Å². The lowest BCUT2D eigenvalue weighted by atomic mass is 9.78. The summed E-state index contributed by atoms with van der Waals surface area (Å²) in [5.41, 5.74) is 0.657. The monoisotopic (exact) mass is 456 g/mol. The number of alkyl halides is 1. The van der Waals surface area contributed by atoms with Crippen LogP contribution in [-0.4, -0.2) is 22.2 Å². The molecule has 0 aromatic rings. The third kappa shape index (κ3) is 4.23. The minimum absolute atomic E-state index is 0.202. The van der Waals surface area contributed by atoms with Crippen molar-refractivity contribution in [2.75, 3.05) is 0 Å². The van der Waals surface area contributed by atoms with Crippen LogP contribution >= 0.6 is 38.5 Å². The highest BCUT2D eigenvalue weighted by molar-refractivity contribution is 14.1. The maximum atomic E-state index is 11.9. The van der Waals surface area contributed by atoms with Gasteiger partial charge in [0.25, 0.3) is 0 Å². The summed E-state index contributed by atoms with van der Waals surface area (Å²) in [7, 11) is 0. The predicted molar refractivity (Wildman–Crippen MR) is 93.5 cm³/mol. The Labute approximate surface area is 143 Å². The van der Waals surface area contributed by atoms with E-state index in [9.17, 15) is 4.79 Å². The van der Waals surface area contributed by atoms with E-state index in [1.165, 1.54) is 9.15 Å². The minimum Gasteiger partial charge on any atom is -0.429 e. The molecule has 0 radical (unpaired) electrons. The van der Waals surface area contributed by atoms with Crippen LogP contribution in [0.15, 0.2) is 21.8 Å². The Morgan fingerprint density at radius 2 is 2.10 bits per heavy atom. The van der Waals surface area contributed by atoms with Crippen LogP contribution in [0.1, 0.15) is 41.0 Å². The van der Waals surface area contributed by atoms with Crippen LogP contribution in [-0.2, 0) is 9.47 Å². The summed E-state index contributed by atoms with van der Waals surface area (Å²) < 4.78 is 11.6. The van der Waals surface area contributed by atoms with Gasteiger partial charge in [0.1, 0.15) is 11.7 Å². The first-order chi connectivity index (χ1) is 8.99. The lowest BCUT2D eigenvalue weighted by Gasteiger charge is -2.41. The molecule has 0 fully saturated rings. The van der Waals surface area contributed by atoms with Crippen LogP contribution in [0.5, 0.6) is 0 Å². The molecule has 0 saturated carbocycles. The smallest absolute Gasteiger partial charge is 0.429 e. The summed E-state index contributed by atoms with van der Waals surface area (Å²) in [5.74, 6) is 0.202. The fourth-order valence-electron chi connectivity index (χ4n) is 2.13. The molecule has 114 valence electrons. The van der Waals surface area contributed by atoms with Crippen molar-refractivity contribution in [3.63, 3.8) is 0 Å². The van der Waals surface area contributed by atoms with Gasteiger partial charge in [0.2, 0.25) is 0 Å². The Hall–Kier alpha value is -0.0400. The number of ether oxygens (including phenoxy) is 2. The summed E-state index contributed by atoms with van der Waals surface area (Å²) in [6.07, 6.45) is 1.68. The van der Waals surface area contributed by atoms with Gasteiger partial charge < -0.3 is 9.47 Å². The third-order valence-electron chi connectivity index (χ3n) is 3.47. The zero-order chi connectivity index (χ0) is 15.7. The van der Waals surface area contributed by atoms with Crippen LogP contribution in [0.3, 0.4) is 0 Å². The van der Waals surface area contributed by atoms with Crippen LogP contribution in [0.4, 0.5) is 4.79 Å². The molecular formula is C15H22BrIO3. The minimum atomic E-state index is -0.619. The second-order valence-electron chi connectivity index (χ2n) is 6.21. The van der Waals surface area contributed by atoms with Crippen molar-refractivity contribution in [3.8, 4) is 0 Å². The molecule has 5 heteroatoms. The molecule has 0 saturated heterocycles. The lowest BCUT2D eigenvalue weighted by Crippen LogP contribution is -2.46. The van der Waals surface area contributed by atoms with Crippen LogP contribution in [0.2, 0.25) is 0 Å². The zero-order valence-corrected chi connectivity index (χ0v) is 16.4. The van der Waals surface area contributed by atoms with Crippen molar-refractivity contribution in [3.05, 3.63) is 21.8 Å². The molecular weight excluding hydrogens is 435 g/mol. The average molecular weight is 457 g/mol. The van der Waals surface area contributed by atoms with Gasteiger partial charge in [0, 0.05) is 12.3 Å². The molecule has 0 bridgehead atoms. The molecule has 1 aliphatic rings. The topological polar surface area (TPSA) is 35.5 Å². The number of carbonyl (C=O) groups is 1. The molecule has 0 heterocycles. The standard InChI is InChI=1S/C15H22BrIO3/c1-7-10-9(2)15(6,16)12(8-11(10)17)19-13(18)20-14(3,4)5/h7,9,12H,1,8H2,2-6H3/t9-,12-,15+/m1/s1. The van der Waals surface area contributed by atoms with Crippen molar-refractivity contribution < 1.29 is 14.3 Å². The summed E-state index contributed by atoms with van der Waals surface area (Å²) in [4.78, 5) is 11.9. The molecule has 1 rings (SSSR count). The highest BCUT2D eigenvalue weighted by atomic mass is 127. The first-order valence-electron chi connectivity index (χ1n) is 6.58. The number of hydrogen-bond donors (Lipinski definition) is 0. The fourth-order valence-corrected chi connectivity index (χ4v) is 3.72. The van der Waals surface area contributed by atoms with Gasteiger partial charge in [-0.3, -0.25) is 0 Å². The Morgan fingerprint density at radius 3 is 2.55 bits per heavy atom. The highest BCUT2D eigenvalue weighted by Gasteiger charge is 2.45. The zero-order valence-electron chi connectivity index (χ0n) is 12.6. The van der Waals surface area contributed by atoms with E-state index < -0.39 is 11.8 Å². The lowest BCUT2D eigenvalue weighted by molar-refractivity contribution is -0.0366. The molecule has 0 amide bonds. The second kappa shape index (κ2) is 6.38. The Kier molecular flexibility index (Phi) is 5.75. The molecule has 0 unspecified atom stereocenters. The number of hydrogen-bond acceptors (Lipinski definition) is 3. The van der Waals surface area contributed by atoms with Gasteiger partial charge in [-0.2, -0.15) is 0 Å². The Bertz CT molecular complexity index is 435. The van der Waals surface area contributed by atoms with Gasteiger partial charge in [-0.05, 0) is 59.4 Å². The van der Waals surface area contributed by atoms with Crippen LogP contribution < -0.4 is 0 Å². The quantitative estimate of drug-likeness (QED) is 0.318. The van der Waals surface area contributed by atoms with Crippen LogP contribution in [0, 0.1) is 5.92 Å². The first kappa shape index (κ1) is 18.0. The fraction of sp³-hybridized carbons (Fsp3) is 0.667. The largest absolute Gasteiger partial charge is 0.509 e. The van der Waals surface area contributed by atoms with E-state index in [4.69, 9.17) is 9.47 Å². The van der Waals surface area contributed by atoms with E-state index in [0.717, 1.165) is 0 Å². The van der Waals surface area contributed by atoms with Gasteiger partial charge in [0.05, 0.1) is 4.32 Å².